The van der Waals surface area contributed by atoms with E-state index in [-0.39, 0.29) is 24.2 Å². The van der Waals surface area contributed by atoms with Gasteiger partial charge in [-0.3, -0.25) is 5.32 Å². The van der Waals surface area contributed by atoms with Gasteiger partial charge in [-0.25, -0.2) is 0 Å². The maximum Gasteiger partial charge on any atom is 0.142 e. The summed E-state index contributed by atoms with van der Waals surface area (Å²) in [4.78, 5) is 0. The second-order valence-electron chi connectivity index (χ2n) is 3.38. The van der Waals surface area contributed by atoms with Gasteiger partial charge in [-0.15, -0.1) is 12.4 Å². The highest BCUT2D eigenvalue weighted by Gasteiger charge is 2.40. The van der Waals surface area contributed by atoms with Crippen molar-refractivity contribution in [2.24, 2.45) is 0 Å². The zero-order valence-electron chi connectivity index (χ0n) is 7.34. The van der Waals surface area contributed by atoms with E-state index in [9.17, 15) is 0 Å². The molecule has 3 nitrogen and oxygen atoms in total. The van der Waals surface area contributed by atoms with Crippen molar-refractivity contribution in [3.05, 3.63) is 0 Å². The van der Waals surface area contributed by atoms with Crippen LogP contribution >= 0.6 is 12.4 Å². The van der Waals surface area contributed by atoms with Gasteiger partial charge in [-0.05, 0) is 19.8 Å². The molecule has 72 valence electrons. The molecule has 0 radical (unpaired) electrons. The summed E-state index contributed by atoms with van der Waals surface area (Å²) < 4.78 is 11.1. The number of hydrogen-bond acceptors (Lipinski definition) is 3. The minimum absolute atomic E-state index is 0. The summed E-state index contributed by atoms with van der Waals surface area (Å²) in [6.07, 6.45) is 2.57. The molecule has 12 heavy (non-hydrogen) atoms. The number of ether oxygens (including phenoxy) is 2. The van der Waals surface area contributed by atoms with Gasteiger partial charge in [0.25, 0.3) is 0 Å². The van der Waals surface area contributed by atoms with Crippen molar-refractivity contribution in [3.63, 3.8) is 0 Å². The lowest BCUT2D eigenvalue weighted by atomic mass is 10.1. The van der Waals surface area contributed by atoms with E-state index in [0.717, 1.165) is 26.2 Å². The van der Waals surface area contributed by atoms with Crippen molar-refractivity contribution < 1.29 is 9.47 Å². The SMILES string of the molecule is CC1(C2CCCO2)NCCO1.Cl. The van der Waals surface area contributed by atoms with Crippen LogP contribution < -0.4 is 5.32 Å². The monoisotopic (exact) mass is 193 g/mol. The summed E-state index contributed by atoms with van der Waals surface area (Å²) in [6, 6.07) is 0. The van der Waals surface area contributed by atoms with Crippen LogP contribution in [0.2, 0.25) is 0 Å². The Kier molecular flexibility index (Phi) is 3.35. The van der Waals surface area contributed by atoms with Crippen LogP contribution in [0.3, 0.4) is 0 Å². The van der Waals surface area contributed by atoms with Crippen molar-refractivity contribution in [1.82, 2.24) is 5.32 Å². The van der Waals surface area contributed by atoms with Gasteiger partial charge in [0.15, 0.2) is 0 Å². The molecular weight excluding hydrogens is 178 g/mol. The highest BCUT2D eigenvalue weighted by molar-refractivity contribution is 5.85. The highest BCUT2D eigenvalue weighted by Crippen LogP contribution is 2.26. The molecule has 0 aromatic heterocycles. The Morgan fingerprint density at radius 3 is 2.75 bits per heavy atom. The fourth-order valence-electron chi connectivity index (χ4n) is 1.83. The van der Waals surface area contributed by atoms with E-state index in [1.807, 2.05) is 0 Å². The van der Waals surface area contributed by atoms with E-state index in [2.05, 4.69) is 12.2 Å². The number of rotatable bonds is 1. The molecule has 0 spiro atoms. The topological polar surface area (TPSA) is 30.5 Å². The largest absolute Gasteiger partial charge is 0.374 e. The molecule has 2 atom stereocenters. The molecule has 2 fully saturated rings. The molecule has 0 saturated carbocycles. The Morgan fingerprint density at radius 1 is 1.42 bits per heavy atom. The van der Waals surface area contributed by atoms with Crippen molar-refractivity contribution in [3.8, 4) is 0 Å². The molecule has 0 bridgehead atoms. The third-order valence-corrected chi connectivity index (χ3v) is 2.52. The fraction of sp³-hybridized carbons (Fsp3) is 1.00. The molecule has 0 aromatic carbocycles. The Hall–Kier alpha value is 0.170. The Labute approximate surface area is 79.2 Å². The smallest absolute Gasteiger partial charge is 0.142 e. The Bertz CT molecular complexity index is 142. The second-order valence-corrected chi connectivity index (χ2v) is 3.38. The minimum Gasteiger partial charge on any atom is -0.374 e. The molecule has 0 aliphatic carbocycles. The van der Waals surface area contributed by atoms with Gasteiger partial charge in [0, 0.05) is 13.2 Å². The molecule has 2 saturated heterocycles. The average Bonchev–Trinajstić information content (AvgIpc) is 2.55. The summed E-state index contributed by atoms with van der Waals surface area (Å²) in [6.45, 7) is 4.74. The first-order valence-corrected chi connectivity index (χ1v) is 4.32. The lowest BCUT2D eigenvalue weighted by Crippen LogP contribution is -2.48. The van der Waals surface area contributed by atoms with E-state index in [1.54, 1.807) is 0 Å². The zero-order chi connectivity index (χ0) is 7.73. The van der Waals surface area contributed by atoms with Gasteiger partial charge in [-0.2, -0.15) is 0 Å². The van der Waals surface area contributed by atoms with E-state index in [0.29, 0.717) is 0 Å². The van der Waals surface area contributed by atoms with Gasteiger partial charge >= 0.3 is 0 Å². The number of nitrogens with one attached hydrogen (secondary N) is 1. The van der Waals surface area contributed by atoms with E-state index in [4.69, 9.17) is 9.47 Å². The molecule has 1 N–H and O–H groups in total. The van der Waals surface area contributed by atoms with E-state index >= 15 is 0 Å². The Morgan fingerprint density at radius 2 is 2.25 bits per heavy atom. The van der Waals surface area contributed by atoms with Gasteiger partial charge < -0.3 is 9.47 Å². The summed E-state index contributed by atoms with van der Waals surface area (Å²) >= 11 is 0. The van der Waals surface area contributed by atoms with Gasteiger partial charge in [-0.1, -0.05) is 0 Å². The average molecular weight is 194 g/mol. The first kappa shape index (κ1) is 10.3. The first-order chi connectivity index (χ1) is 5.31. The van der Waals surface area contributed by atoms with Crippen LogP contribution in [0.5, 0.6) is 0 Å². The minimum atomic E-state index is -0.198. The molecule has 0 aromatic rings. The standard InChI is InChI=1S/C8H15NO2.ClH/c1-8(9-4-6-11-8)7-3-2-5-10-7;/h7,9H,2-6H2,1H3;1H. The lowest BCUT2D eigenvalue weighted by molar-refractivity contribution is -0.0975. The van der Waals surface area contributed by atoms with Crippen LogP contribution in [0.1, 0.15) is 19.8 Å². The summed E-state index contributed by atoms with van der Waals surface area (Å²) in [7, 11) is 0. The second kappa shape index (κ2) is 3.92. The number of hydrogen-bond donors (Lipinski definition) is 1. The predicted octanol–water partition coefficient (Wildman–Crippen LogP) is 0.923. The molecule has 2 aliphatic heterocycles. The highest BCUT2D eigenvalue weighted by atomic mass is 35.5. The van der Waals surface area contributed by atoms with E-state index < -0.39 is 0 Å². The Balaban J connectivity index is 0.000000720. The quantitative estimate of drug-likeness (QED) is 0.672. The lowest BCUT2D eigenvalue weighted by Gasteiger charge is -2.29. The van der Waals surface area contributed by atoms with Crippen LogP contribution in [0.4, 0.5) is 0 Å². The molecule has 2 unspecified atom stereocenters. The number of halogens is 1. The molecular formula is C8H16ClNO2. The summed E-state index contributed by atoms with van der Waals surface area (Å²) in [5.74, 6) is 0. The van der Waals surface area contributed by atoms with E-state index in [1.165, 1.54) is 6.42 Å². The first-order valence-electron chi connectivity index (χ1n) is 4.32. The van der Waals surface area contributed by atoms with Crippen molar-refractivity contribution in [2.45, 2.75) is 31.6 Å². The third kappa shape index (κ3) is 1.74. The van der Waals surface area contributed by atoms with Crippen LogP contribution in [0.15, 0.2) is 0 Å². The van der Waals surface area contributed by atoms with Crippen LogP contribution in [-0.2, 0) is 9.47 Å². The third-order valence-electron chi connectivity index (χ3n) is 2.52. The molecule has 2 aliphatic rings. The van der Waals surface area contributed by atoms with Crippen molar-refractivity contribution in [1.29, 1.82) is 0 Å². The normalized spacial score (nSPS) is 41.2. The molecule has 4 heteroatoms. The molecule has 2 heterocycles. The van der Waals surface area contributed by atoms with Gasteiger partial charge in [0.1, 0.15) is 5.72 Å². The zero-order valence-corrected chi connectivity index (χ0v) is 8.15. The van der Waals surface area contributed by atoms with Crippen LogP contribution in [-0.4, -0.2) is 31.6 Å². The molecule has 2 rings (SSSR count). The maximum absolute atomic E-state index is 5.59. The van der Waals surface area contributed by atoms with Crippen LogP contribution in [0.25, 0.3) is 0 Å². The van der Waals surface area contributed by atoms with Gasteiger partial charge in [0.2, 0.25) is 0 Å². The van der Waals surface area contributed by atoms with Crippen LogP contribution in [0, 0.1) is 0 Å². The maximum atomic E-state index is 5.59. The van der Waals surface area contributed by atoms with Crippen molar-refractivity contribution >= 4 is 12.4 Å². The predicted molar refractivity (Wildman–Crippen MR) is 48.6 cm³/mol. The fourth-order valence-corrected chi connectivity index (χ4v) is 1.83. The van der Waals surface area contributed by atoms with Crippen molar-refractivity contribution in [2.75, 3.05) is 19.8 Å². The summed E-state index contributed by atoms with van der Waals surface area (Å²) in [5, 5.41) is 3.33. The molecule has 0 amide bonds. The van der Waals surface area contributed by atoms with Gasteiger partial charge in [0.05, 0.1) is 12.7 Å². The summed E-state index contributed by atoms with van der Waals surface area (Å²) in [5.41, 5.74) is -0.198.